The average Bonchev–Trinajstić information content (AvgIpc) is 2.63. The van der Waals surface area contributed by atoms with E-state index in [1.165, 1.54) is 11.8 Å². The van der Waals surface area contributed by atoms with Crippen molar-refractivity contribution in [2.45, 2.75) is 29.0 Å². The zero-order valence-corrected chi connectivity index (χ0v) is 14.3. The molecule has 2 aliphatic rings. The molecule has 0 aliphatic carbocycles. The number of benzene rings is 2. The van der Waals surface area contributed by atoms with Crippen molar-refractivity contribution in [2.24, 2.45) is 0 Å². The van der Waals surface area contributed by atoms with Crippen LogP contribution in [0, 0.1) is 0 Å². The van der Waals surface area contributed by atoms with E-state index >= 15 is 0 Å². The molecule has 0 bridgehead atoms. The van der Waals surface area contributed by atoms with E-state index in [2.05, 4.69) is 10.6 Å². The fourth-order valence-electron chi connectivity index (χ4n) is 3.14. The van der Waals surface area contributed by atoms with Crippen molar-refractivity contribution in [3.63, 3.8) is 0 Å². The van der Waals surface area contributed by atoms with Crippen LogP contribution in [0.1, 0.15) is 24.4 Å². The van der Waals surface area contributed by atoms with Crippen molar-refractivity contribution in [3.8, 4) is 5.75 Å². The van der Waals surface area contributed by atoms with Crippen LogP contribution in [0.3, 0.4) is 0 Å². The summed E-state index contributed by atoms with van der Waals surface area (Å²) in [7, 11) is 0. The van der Waals surface area contributed by atoms with E-state index in [-0.39, 0.29) is 24.3 Å². The second-order valence-corrected chi connectivity index (χ2v) is 7.34. The molecule has 2 atom stereocenters. The van der Waals surface area contributed by atoms with Crippen LogP contribution in [0.5, 0.6) is 5.75 Å². The number of amides is 2. The number of rotatable bonds is 3. The highest BCUT2D eigenvalue weighted by Gasteiger charge is 2.30. The highest BCUT2D eigenvalue weighted by atomic mass is 32.2. The summed E-state index contributed by atoms with van der Waals surface area (Å²) in [5, 5.41) is 5.52. The maximum absolute atomic E-state index is 12.5. The van der Waals surface area contributed by atoms with E-state index < -0.39 is 5.25 Å². The highest BCUT2D eigenvalue weighted by Crippen LogP contribution is 2.37. The Hall–Kier alpha value is -2.47. The van der Waals surface area contributed by atoms with Gasteiger partial charge < -0.3 is 15.4 Å². The Morgan fingerprint density at radius 1 is 1.20 bits per heavy atom. The minimum atomic E-state index is -0.412. The lowest BCUT2D eigenvalue weighted by molar-refractivity contribution is -0.124. The summed E-state index contributed by atoms with van der Waals surface area (Å²) >= 11 is 1.44. The van der Waals surface area contributed by atoms with Gasteiger partial charge >= 0.3 is 0 Å². The van der Waals surface area contributed by atoms with Crippen LogP contribution in [0.15, 0.2) is 53.4 Å². The molecule has 25 heavy (non-hydrogen) atoms. The van der Waals surface area contributed by atoms with Gasteiger partial charge in [-0.3, -0.25) is 9.59 Å². The zero-order chi connectivity index (χ0) is 17.2. The summed E-state index contributed by atoms with van der Waals surface area (Å²) in [5.74, 6) is 0.581. The minimum Gasteiger partial charge on any atom is -0.493 e. The lowest BCUT2D eigenvalue weighted by Gasteiger charge is -2.28. The summed E-state index contributed by atoms with van der Waals surface area (Å²) in [6, 6.07) is 15.3. The van der Waals surface area contributed by atoms with Crippen molar-refractivity contribution in [1.29, 1.82) is 0 Å². The molecule has 2 amide bonds. The summed E-state index contributed by atoms with van der Waals surface area (Å²) < 4.78 is 5.62. The van der Waals surface area contributed by atoms with Crippen molar-refractivity contribution < 1.29 is 14.3 Å². The molecule has 2 aromatic rings. The molecule has 0 saturated heterocycles. The molecule has 0 spiro atoms. The Morgan fingerprint density at radius 2 is 2.00 bits per heavy atom. The fourth-order valence-corrected chi connectivity index (χ4v) is 4.25. The normalized spacial score (nSPS) is 21.4. The van der Waals surface area contributed by atoms with E-state index in [9.17, 15) is 9.59 Å². The predicted octanol–water partition coefficient (Wildman–Crippen LogP) is 3.13. The molecule has 6 heteroatoms. The second-order valence-electron chi connectivity index (χ2n) is 6.09. The van der Waals surface area contributed by atoms with Gasteiger partial charge in [-0.2, -0.15) is 0 Å². The molecule has 128 valence electrons. The lowest BCUT2D eigenvalue weighted by Crippen LogP contribution is -2.37. The van der Waals surface area contributed by atoms with E-state index in [0.717, 1.165) is 28.3 Å². The van der Waals surface area contributed by atoms with Gasteiger partial charge in [-0.1, -0.05) is 30.3 Å². The summed E-state index contributed by atoms with van der Waals surface area (Å²) in [6.45, 7) is 0.577. The first-order valence-corrected chi connectivity index (χ1v) is 9.16. The topological polar surface area (TPSA) is 67.4 Å². The molecule has 0 unspecified atom stereocenters. The third kappa shape index (κ3) is 3.35. The van der Waals surface area contributed by atoms with Crippen LogP contribution >= 0.6 is 11.8 Å². The van der Waals surface area contributed by atoms with Gasteiger partial charge in [0.05, 0.1) is 23.6 Å². The van der Waals surface area contributed by atoms with E-state index in [4.69, 9.17) is 4.74 Å². The lowest BCUT2D eigenvalue weighted by atomic mass is 10.0. The van der Waals surface area contributed by atoms with Gasteiger partial charge in [0.1, 0.15) is 5.75 Å². The quantitative estimate of drug-likeness (QED) is 0.889. The third-order valence-corrected chi connectivity index (χ3v) is 5.65. The first-order chi connectivity index (χ1) is 12.2. The highest BCUT2D eigenvalue weighted by molar-refractivity contribution is 8.01. The minimum absolute atomic E-state index is 0.0682. The predicted molar refractivity (Wildman–Crippen MR) is 96.8 cm³/mol. The maximum Gasteiger partial charge on any atom is 0.238 e. The molecule has 2 aliphatic heterocycles. The number of para-hydroxylation sites is 2. The van der Waals surface area contributed by atoms with Crippen molar-refractivity contribution in [3.05, 3.63) is 54.1 Å². The number of hydrogen-bond acceptors (Lipinski definition) is 4. The molecular weight excluding hydrogens is 336 g/mol. The van der Waals surface area contributed by atoms with Crippen LogP contribution in [0.2, 0.25) is 0 Å². The smallest absolute Gasteiger partial charge is 0.238 e. The van der Waals surface area contributed by atoms with Crippen LogP contribution in [0.4, 0.5) is 5.69 Å². The van der Waals surface area contributed by atoms with Gasteiger partial charge in [0.25, 0.3) is 0 Å². The number of carbonyl (C=O) groups excluding carboxylic acids is 2. The van der Waals surface area contributed by atoms with Gasteiger partial charge in [0.2, 0.25) is 11.8 Å². The molecule has 0 radical (unpaired) electrons. The Labute approximate surface area is 150 Å². The first kappa shape index (κ1) is 16.0. The number of carbonyl (C=O) groups is 2. The van der Waals surface area contributed by atoms with Gasteiger partial charge in [0.15, 0.2) is 0 Å². The average molecular weight is 354 g/mol. The van der Waals surface area contributed by atoms with Crippen molar-refractivity contribution >= 4 is 29.3 Å². The Balaban J connectivity index is 1.43. The Bertz CT molecular complexity index is 824. The summed E-state index contributed by atoms with van der Waals surface area (Å²) in [6.07, 6.45) is 0.889. The molecule has 4 rings (SSSR count). The van der Waals surface area contributed by atoms with Gasteiger partial charge in [-0.05, 0) is 18.2 Å². The van der Waals surface area contributed by atoms with E-state index in [1.807, 2.05) is 48.5 Å². The molecule has 0 aromatic heterocycles. The molecule has 2 heterocycles. The van der Waals surface area contributed by atoms with Crippen LogP contribution < -0.4 is 15.4 Å². The second kappa shape index (κ2) is 6.80. The zero-order valence-electron chi connectivity index (χ0n) is 13.5. The molecule has 0 fully saturated rings. The van der Waals surface area contributed by atoms with Crippen LogP contribution in [-0.4, -0.2) is 23.7 Å². The molecule has 5 nitrogen and oxygen atoms in total. The van der Waals surface area contributed by atoms with Gasteiger partial charge in [-0.15, -0.1) is 11.8 Å². The largest absolute Gasteiger partial charge is 0.493 e. The standard InChI is InChI=1S/C19H18N2O3S/c22-18(20-13-9-10-24-15-7-3-1-5-12(13)15)11-17-19(23)21-14-6-2-4-8-16(14)25-17/h1-8,13,17H,9-11H2,(H,20,22)(H,21,23)/t13-,17-/m0/s1. The summed E-state index contributed by atoms with van der Waals surface area (Å²) in [4.78, 5) is 25.7. The maximum atomic E-state index is 12.5. The molecule has 2 N–H and O–H groups in total. The third-order valence-electron chi connectivity index (χ3n) is 4.37. The van der Waals surface area contributed by atoms with Crippen molar-refractivity contribution in [1.82, 2.24) is 5.32 Å². The number of fused-ring (bicyclic) bond motifs is 2. The van der Waals surface area contributed by atoms with E-state index in [1.54, 1.807) is 0 Å². The molecular formula is C19H18N2O3S. The van der Waals surface area contributed by atoms with E-state index in [0.29, 0.717) is 6.61 Å². The molecule has 0 saturated carbocycles. The van der Waals surface area contributed by atoms with Gasteiger partial charge in [0, 0.05) is 23.3 Å². The summed E-state index contributed by atoms with van der Waals surface area (Å²) in [5.41, 5.74) is 1.81. The number of anilines is 1. The Morgan fingerprint density at radius 3 is 2.92 bits per heavy atom. The monoisotopic (exact) mass is 354 g/mol. The number of ether oxygens (including phenoxy) is 1. The van der Waals surface area contributed by atoms with Crippen LogP contribution in [0.25, 0.3) is 0 Å². The number of thioether (sulfide) groups is 1. The van der Waals surface area contributed by atoms with Gasteiger partial charge in [-0.25, -0.2) is 0 Å². The molecule has 2 aromatic carbocycles. The number of nitrogens with one attached hydrogen (secondary N) is 2. The fraction of sp³-hybridized carbons (Fsp3) is 0.263. The van der Waals surface area contributed by atoms with Crippen molar-refractivity contribution in [2.75, 3.05) is 11.9 Å². The SMILES string of the molecule is O=C(C[C@@H]1Sc2ccccc2NC1=O)N[C@H]1CCOc2ccccc21. The Kier molecular flexibility index (Phi) is 4.36. The number of hydrogen-bond donors (Lipinski definition) is 2. The first-order valence-electron chi connectivity index (χ1n) is 8.28. The van der Waals surface area contributed by atoms with Crippen LogP contribution in [-0.2, 0) is 9.59 Å².